The fourth-order valence-corrected chi connectivity index (χ4v) is 2.89. The number of hydrogen-bond donors (Lipinski definition) is 2. The molecule has 104 valence electrons. The Bertz CT molecular complexity index is 432. The maximum atomic E-state index is 12.1. The summed E-state index contributed by atoms with van der Waals surface area (Å²) in [6, 6.07) is 8.20. The van der Waals surface area contributed by atoms with Crippen molar-refractivity contribution < 1.29 is 9.90 Å². The van der Waals surface area contributed by atoms with Crippen LogP contribution in [0.1, 0.15) is 30.0 Å². The van der Waals surface area contributed by atoms with E-state index in [1.165, 1.54) is 5.56 Å². The number of carbonyl (C=O) groups is 1. The molecule has 19 heavy (non-hydrogen) atoms. The minimum absolute atomic E-state index is 0.0111. The second-order valence-electron chi connectivity index (χ2n) is 5.24. The Balaban J connectivity index is 2.20. The lowest BCUT2D eigenvalue weighted by Crippen LogP contribution is -2.31. The van der Waals surface area contributed by atoms with Crippen molar-refractivity contribution in [2.45, 2.75) is 25.8 Å². The fraction of sp³-hybridized carbons (Fsp3) is 0.533. The maximum absolute atomic E-state index is 12.1. The third-order valence-electron chi connectivity index (χ3n) is 3.74. The van der Waals surface area contributed by atoms with Crippen LogP contribution in [0.3, 0.4) is 0 Å². The molecule has 2 rings (SSSR count). The van der Waals surface area contributed by atoms with E-state index in [4.69, 9.17) is 0 Å². The first-order valence-electron chi connectivity index (χ1n) is 6.73. The van der Waals surface area contributed by atoms with Gasteiger partial charge >= 0.3 is 0 Å². The summed E-state index contributed by atoms with van der Waals surface area (Å²) in [5.74, 6) is 1.25. The molecule has 1 aromatic carbocycles. The molecule has 2 unspecified atom stereocenters. The highest BCUT2D eigenvalue weighted by Gasteiger charge is 2.33. The van der Waals surface area contributed by atoms with Crippen molar-refractivity contribution in [2.24, 2.45) is 5.92 Å². The van der Waals surface area contributed by atoms with Crippen LogP contribution < -0.4 is 0 Å². The molecular formula is C15H21NO2S. The number of likely N-dealkylation sites (tertiary alicyclic amines) is 1. The van der Waals surface area contributed by atoms with Crippen LogP contribution >= 0.6 is 12.6 Å². The van der Waals surface area contributed by atoms with Gasteiger partial charge in [0.2, 0.25) is 5.91 Å². The number of rotatable bonds is 5. The number of hydrogen-bond acceptors (Lipinski definition) is 3. The summed E-state index contributed by atoms with van der Waals surface area (Å²) in [6.45, 7) is 2.89. The first kappa shape index (κ1) is 14.4. The van der Waals surface area contributed by atoms with Gasteiger partial charge in [0.15, 0.2) is 0 Å². The minimum atomic E-state index is -0.0111. The van der Waals surface area contributed by atoms with Gasteiger partial charge in [-0.2, -0.15) is 12.6 Å². The normalized spacial score (nSPS) is 20.9. The van der Waals surface area contributed by atoms with Gasteiger partial charge in [0.25, 0.3) is 0 Å². The molecule has 0 bridgehead atoms. The van der Waals surface area contributed by atoms with E-state index in [0.717, 1.165) is 17.9 Å². The zero-order valence-corrected chi connectivity index (χ0v) is 12.1. The zero-order chi connectivity index (χ0) is 13.8. The molecule has 1 fully saturated rings. The van der Waals surface area contributed by atoms with Crippen LogP contribution in [0, 0.1) is 12.8 Å². The lowest BCUT2D eigenvalue weighted by atomic mass is 10.0. The molecule has 1 aromatic rings. The van der Waals surface area contributed by atoms with Crippen LogP contribution in [0.15, 0.2) is 24.3 Å². The lowest BCUT2D eigenvalue weighted by molar-refractivity contribution is -0.130. The second-order valence-corrected chi connectivity index (χ2v) is 5.60. The fourth-order valence-electron chi connectivity index (χ4n) is 2.65. The predicted molar refractivity (Wildman–Crippen MR) is 79.3 cm³/mol. The topological polar surface area (TPSA) is 40.5 Å². The summed E-state index contributed by atoms with van der Waals surface area (Å²) in [6.07, 6.45) is 1.17. The van der Waals surface area contributed by atoms with Gasteiger partial charge in [-0.1, -0.05) is 29.8 Å². The van der Waals surface area contributed by atoms with Crippen molar-refractivity contribution >= 4 is 18.5 Å². The molecule has 1 amide bonds. The lowest BCUT2D eigenvalue weighted by Gasteiger charge is -2.28. The average molecular weight is 279 g/mol. The van der Waals surface area contributed by atoms with E-state index < -0.39 is 0 Å². The number of nitrogens with zero attached hydrogens (tertiary/aromatic N) is 1. The van der Waals surface area contributed by atoms with Crippen molar-refractivity contribution in [2.75, 3.05) is 18.9 Å². The van der Waals surface area contributed by atoms with E-state index >= 15 is 0 Å². The maximum Gasteiger partial charge on any atom is 0.223 e. The Kier molecular flexibility index (Phi) is 4.88. The molecule has 1 aliphatic rings. The van der Waals surface area contributed by atoms with E-state index in [2.05, 4.69) is 36.9 Å². The van der Waals surface area contributed by atoms with Crippen LogP contribution in [0.25, 0.3) is 0 Å². The van der Waals surface area contributed by atoms with Gasteiger partial charge in [0.05, 0.1) is 6.04 Å². The number of aryl methyl sites for hydroxylation is 1. The number of benzene rings is 1. The van der Waals surface area contributed by atoms with Crippen LogP contribution in [-0.4, -0.2) is 34.8 Å². The molecule has 1 N–H and O–H groups in total. The molecule has 0 spiro atoms. The van der Waals surface area contributed by atoms with Gasteiger partial charge in [-0.05, 0) is 30.6 Å². The number of amides is 1. The Morgan fingerprint density at radius 3 is 2.63 bits per heavy atom. The van der Waals surface area contributed by atoms with Gasteiger partial charge < -0.3 is 10.0 Å². The molecule has 0 radical (unpaired) electrons. The molecule has 0 aliphatic carbocycles. The third-order valence-corrected chi connectivity index (χ3v) is 4.25. The Morgan fingerprint density at radius 2 is 2.11 bits per heavy atom. The van der Waals surface area contributed by atoms with Crippen molar-refractivity contribution in [3.8, 4) is 0 Å². The summed E-state index contributed by atoms with van der Waals surface area (Å²) in [5.41, 5.74) is 2.31. The number of aliphatic hydroxyl groups is 1. The van der Waals surface area contributed by atoms with Crippen molar-refractivity contribution in [3.05, 3.63) is 35.4 Å². The molecule has 4 heteroatoms. The Labute approximate surface area is 120 Å². The first-order valence-corrected chi connectivity index (χ1v) is 7.36. The van der Waals surface area contributed by atoms with E-state index in [0.29, 0.717) is 18.8 Å². The molecule has 1 heterocycles. The molecule has 0 aromatic heterocycles. The molecule has 0 saturated carbocycles. The smallest absolute Gasteiger partial charge is 0.223 e. The van der Waals surface area contributed by atoms with Crippen molar-refractivity contribution in [1.29, 1.82) is 0 Å². The summed E-state index contributed by atoms with van der Waals surface area (Å²) < 4.78 is 0. The molecular weight excluding hydrogens is 258 g/mol. The monoisotopic (exact) mass is 279 g/mol. The minimum Gasteiger partial charge on any atom is -0.396 e. The Hall–Kier alpha value is -1.00. The number of aliphatic hydroxyl groups excluding tert-OH is 1. The summed E-state index contributed by atoms with van der Waals surface area (Å²) in [4.78, 5) is 14.0. The highest BCUT2D eigenvalue weighted by Crippen LogP contribution is 2.31. The summed E-state index contributed by atoms with van der Waals surface area (Å²) >= 11 is 4.29. The molecule has 1 aliphatic heterocycles. The molecule has 3 nitrogen and oxygen atoms in total. The standard InChI is InChI=1S/C15H21NO2S/c1-11-2-4-13(5-3-11)14(6-7-17)16-9-12(10-19)8-15(16)18/h2-5,12,14,17,19H,6-10H2,1H3. The molecule has 1 saturated heterocycles. The second kappa shape index (κ2) is 6.44. The highest BCUT2D eigenvalue weighted by molar-refractivity contribution is 7.80. The highest BCUT2D eigenvalue weighted by atomic mass is 32.1. The molecule has 2 atom stereocenters. The number of thiol groups is 1. The summed E-state index contributed by atoms with van der Waals surface area (Å²) in [5, 5.41) is 9.27. The SMILES string of the molecule is Cc1ccc(C(CCO)N2CC(CS)CC2=O)cc1. The largest absolute Gasteiger partial charge is 0.396 e. The number of carbonyl (C=O) groups excluding carboxylic acids is 1. The van der Waals surface area contributed by atoms with Crippen LogP contribution in [-0.2, 0) is 4.79 Å². The van der Waals surface area contributed by atoms with E-state index in [1.54, 1.807) is 0 Å². The predicted octanol–water partition coefficient (Wildman–Crippen LogP) is 2.20. The third kappa shape index (κ3) is 3.31. The van der Waals surface area contributed by atoms with Crippen LogP contribution in [0.5, 0.6) is 0 Å². The quantitative estimate of drug-likeness (QED) is 0.811. The van der Waals surface area contributed by atoms with Gasteiger partial charge in [0.1, 0.15) is 0 Å². The van der Waals surface area contributed by atoms with Crippen LogP contribution in [0.2, 0.25) is 0 Å². The van der Waals surface area contributed by atoms with Crippen LogP contribution in [0.4, 0.5) is 0 Å². The zero-order valence-electron chi connectivity index (χ0n) is 11.2. The van der Waals surface area contributed by atoms with E-state index in [1.807, 2.05) is 11.8 Å². The first-order chi connectivity index (χ1) is 9.15. The Morgan fingerprint density at radius 1 is 1.42 bits per heavy atom. The van der Waals surface area contributed by atoms with Gasteiger partial charge in [-0.25, -0.2) is 0 Å². The van der Waals surface area contributed by atoms with Gasteiger partial charge in [0, 0.05) is 19.6 Å². The van der Waals surface area contributed by atoms with Crippen molar-refractivity contribution in [3.63, 3.8) is 0 Å². The summed E-state index contributed by atoms with van der Waals surface area (Å²) in [7, 11) is 0. The average Bonchev–Trinajstić information content (AvgIpc) is 2.78. The van der Waals surface area contributed by atoms with E-state index in [9.17, 15) is 9.90 Å². The van der Waals surface area contributed by atoms with E-state index in [-0.39, 0.29) is 18.6 Å². The van der Waals surface area contributed by atoms with Gasteiger partial charge in [-0.15, -0.1) is 0 Å². The van der Waals surface area contributed by atoms with Crippen molar-refractivity contribution in [1.82, 2.24) is 4.90 Å². The van der Waals surface area contributed by atoms with Gasteiger partial charge in [-0.3, -0.25) is 4.79 Å².